The first-order valence-electron chi connectivity index (χ1n) is 6.03. The Bertz CT molecular complexity index is 592. The van der Waals surface area contributed by atoms with E-state index in [2.05, 4.69) is 20.5 Å². The molecule has 1 N–H and O–H groups in total. The molecule has 110 valence electrons. The standard InChI is InChI=1S/C13H14N4O4/c1-3-21-13(19)10-8-9(12(18)20-2)4-5-11(10)16-17-15-7-6-14/h4-5,8H,3,7H2,1-2H3,(H,15,16). The molecule has 0 aliphatic rings. The Morgan fingerprint density at radius 2 is 2.14 bits per heavy atom. The van der Waals surface area contributed by atoms with E-state index in [1.165, 1.54) is 25.3 Å². The molecule has 0 fully saturated rings. The summed E-state index contributed by atoms with van der Waals surface area (Å²) >= 11 is 0. The second-order valence-electron chi connectivity index (χ2n) is 3.64. The number of nitrogens with zero attached hydrogens (tertiary/aromatic N) is 3. The Morgan fingerprint density at radius 1 is 1.38 bits per heavy atom. The van der Waals surface area contributed by atoms with Gasteiger partial charge in [0.05, 0.1) is 36.6 Å². The van der Waals surface area contributed by atoms with E-state index in [9.17, 15) is 9.59 Å². The molecule has 1 aromatic carbocycles. The fourth-order valence-corrected chi connectivity index (χ4v) is 1.42. The van der Waals surface area contributed by atoms with Crippen molar-refractivity contribution >= 4 is 17.6 Å². The van der Waals surface area contributed by atoms with E-state index in [0.29, 0.717) is 5.69 Å². The number of rotatable bonds is 6. The van der Waals surface area contributed by atoms with E-state index >= 15 is 0 Å². The molecule has 0 aromatic heterocycles. The lowest BCUT2D eigenvalue weighted by Gasteiger charge is -2.09. The third-order valence-corrected chi connectivity index (χ3v) is 2.32. The lowest BCUT2D eigenvalue weighted by molar-refractivity contribution is 0.0527. The van der Waals surface area contributed by atoms with E-state index in [0.717, 1.165) is 0 Å². The lowest BCUT2D eigenvalue weighted by Crippen LogP contribution is -2.10. The summed E-state index contributed by atoms with van der Waals surface area (Å²) in [7, 11) is 1.24. The van der Waals surface area contributed by atoms with Crippen LogP contribution in [-0.2, 0) is 9.47 Å². The van der Waals surface area contributed by atoms with E-state index in [4.69, 9.17) is 10.00 Å². The van der Waals surface area contributed by atoms with Crippen molar-refractivity contribution < 1.29 is 19.1 Å². The molecule has 0 atom stereocenters. The van der Waals surface area contributed by atoms with Crippen LogP contribution in [0.2, 0.25) is 0 Å². The predicted octanol–water partition coefficient (Wildman–Crippen LogP) is 1.95. The van der Waals surface area contributed by atoms with E-state index in [1.54, 1.807) is 13.0 Å². The van der Waals surface area contributed by atoms with E-state index in [1.807, 2.05) is 0 Å². The Hall–Kier alpha value is -2.95. The van der Waals surface area contributed by atoms with Gasteiger partial charge in [0.15, 0.2) is 0 Å². The zero-order valence-corrected chi connectivity index (χ0v) is 11.6. The maximum absolute atomic E-state index is 11.9. The van der Waals surface area contributed by atoms with E-state index < -0.39 is 11.9 Å². The zero-order chi connectivity index (χ0) is 15.7. The van der Waals surface area contributed by atoms with Crippen LogP contribution in [0.15, 0.2) is 28.5 Å². The van der Waals surface area contributed by atoms with Crippen LogP contribution < -0.4 is 5.43 Å². The molecule has 0 saturated heterocycles. The Kier molecular flexibility index (Phi) is 6.34. The smallest absolute Gasteiger partial charge is 0.340 e. The minimum absolute atomic E-state index is 0.109. The van der Waals surface area contributed by atoms with E-state index in [-0.39, 0.29) is 24.3 Å². The summed E-state index contributed by atoms with van der Waals surface area (Å²) in [6.07, 6.45) is 0. The molecule has 0 radical (unpaired) electrons. The highest BCUT2D eigenvalue weighted by Crippen LogP contribution is 2.19. The Morgan fingerprint density at radius 3 is 2.76 bits per heavy atom. The van der Waals surface area contributed by atoms with Crippen molar-refractivity contribution in [1.29, 1.82) is 5.26 Å². The monoisotopic (exact) mass is 290 g/mol. The second kappa shape index (κ2) is 8.27. The van der Waals surface area contributed by atoms with Crippen LogP contribution in [-0.4, -0.2) is 32.2 Å². The molecule has 0 saturated carbocycles. The number of benzene rings is 1. The van der Waals surface area contributed by atoms with Gasteiger partial charge >= 0.3 is 11.9 Å². The molecule has 0 aliphatic carbocycles. The molecule has 1 rings (SSSR count). The number of carbonyl (C=O) groups is 2. The number of nitrogens with one attached hydrogen (secondary N) is 1. The average molecular weight is 290 g/mol. The number of nitriles is 1. The van der Waals surface area contributed by atoms with Gasteiger partial charge in [-0.1, -0.05) is 5.22 Å². The van der Waals surface area contributed by atoms with Crippen molar-refractivity contribution in [3.05, 3.63) is 29.3 Å². The van der Waals surface area contributed by atoms with Gasteiger partial charge in [0, 0.05) is 0 Å². The molecule has 0 bridgehead atoms. The number of carbonyl (C=O) groups excluding carboxylic acids is 2. The van der Waals surface area contributed by atoms with Gasteiger partial charge in [-0.05, 0) is 25.1 Å². The minimum atomic E-state index is -0.610. The summed E-state index contributed by atoms with van der Waals surface area (Å²) in [6.45, 7) is 1.75. The maximum atomic E-state index is 11.9. The van der Waals surface area contributed by atoms with Gasteiger partial charge in [-0.25, -0.2) is 9.59 Å². The number of esters is 2. The van der Waals surface area contributed by atoms with Crippen molar-refractivity contribution in [2.45, 2.75) is 6.92 Å². The fourth-order valence-electron chi connectivity index (χ4n) is 1.42. The van der Waals surface area contributed by atoms with Crippen molar-refractivity contribution in [3.63, 3.8) is 0 Å². The first-order valence-corrected chi connectivity index (χ1v) is 6.03. The molecule has 8 nitrogen and oxygen atoms in total. The summed E-state index contributed by atoms with van der Waals surface area (Å²) in [6, 6.07) is 6.07. The summed E-state index contributed by atoms with van der Waals surface area (Å²) in [5.41, 5.74) is 3.16. The van der Waals surface area contributed by atoms with Crippen molar-refractivity contribution in [3.8, 4) is 6.07 Å². The number of hydrogen-bond acceptors (Lipinski definition) is 7. The van der Waals surface area contributed by atoms with Crippen LogP contribution >= 0.6 is 0 Å². The van der Waals surface area contributed by atoms with Crippen LogP contribution in [0, 0.1) is 11.3 Å². The minimum Gasteiger partial charge on any atom is -0.465 e. The molecule has 21 heavy (non-hydrogen) atoms. The van der Waals surface area contributed by atoms with Gasteiger partial charge < -0.3 is 9.47 Å². The SMILES string of the molecule is CCOC(=O)c1cc(C(=O)OC)ccc1NN=NCC#N. The molecule has 0 amide bonds. The predicted molar refractivity (Wildman–Crippen MR) is 72.7 cm³/mol. The highest BCUT2D eigenvalue weighted by molar-refractivity contribution is 5.99. The van der Waals surface area contributed by atoms with Gasteiger partial charge in [-0.2, -0.15) is 10.4 Å². The highest BCUT2D eigenvalue weighted by Gasteiger charge is 2.16. The van der Waals surface area contributed by atoms with Gasteiger partial charge in [0.2, 0.25) is 0 Å². The highest BCUT2D eigenvalue weighted by atomic mass is 16.5. The lowest BCUT2D eigenvalue weighted by atomic mass is 10.1. The third-order valence-electron chi connectivity index (χ3n) is 2.32. The summed E-state index contributed by atoms with van der Waals surface area (Å²) in [5.74, 6) is -1.18. The first kappa shape index (κ1) is 16.1. The number of hydrogen-bond donors (Lipinski definition) is 1. The molecule has 0 heterocycles. The van der Waals surface area contributed by atoms with Gasteiger partial charge in [0.1, 0.15) is 6.54 Å². The zero-order valence-electron chi connectivity index (χ0n) is 11.6. The van der Waals surface area contributed by atoms with Crippen LogP contribution in [0.25, 0.3) is 0 Å². The second-order valence-corrected chi connectivity index (χ2v) is 3.64. The average Bonchev–Trinajstić information content (AvgIpc) is 2.51. The van der Waals surface area contributed by atoms with Crippen LogP contribution in [0.1, 0.15) is 27.6 Å². The molecule has 1 aromatic rings. The largest absolute Gasteiger partial charge is 0.465 e. The molecular formula is C13H14N4O4. The third kappa shape index (κ3) is 4.58. The molecule has 0 aliphatic heterocycles. The molecule has 0 unspecified atom stereocenters. The summed E-state index contributed by atoms with van der Waals surface area (Å²) in [5, 5.41) is 15.4. The van der Waals surface area contributed by atoms with Crippen LogP contribution in [0.5, 0.6) is 0 Å². The van der Waals surface area contributed by atoms with Crippen LogP contribution in [0.4, 0.5) is 5.69 Å². The van der Waals surface area contributed by atoms with Crippen LogP contribution in [0.3, 0.4) is 0 Å². The van der Waals surface area contributed by atoms with Crippen molar-refractivity contribution in [2.75, 3.05) is 25.7 Å². The number of methoxy groups -OCH3 is 1. The molecule has 8 heteroatoms. The van der Waals surface area contributed by atoms with Crippen molar-refractivity contribution in [1.82, 2.24) is 0 Å². The van der Waals surface area contributed by atoms with Gasteiger partial charge in [-0.15, -0.1) is 0 Å². The van der Waals surface area contributed by atoms with Gasteiger partial charge in [-0.3, -0.25) is 5.43 Å². The normalized spacial score (nSPS) is 9.95. The first-order chi connectivity index (χ1) is 10.1. The Balaban J connectivity index is 3.08. The summed E-state index contributed by atoms with van der Waals surface area (Å²) in [4.78, 5) is 23.4. The van der Waals surface area contributed by atoms with Gasteiger partial charge in [0.25, 0.3) is 0 Å². The fraction of sp³-hybridized carbons (Fsp3) is 0.308. The topological polar surface area (TPSA) is 113 Å². The Labute approximate surface area is 121 Å². The molecular weight excluding hydrogens is 276 g/mol. The molecule has 0 spiro atoms. The summed E-state index contributed by atoms with van der Waals surface area (Å²) < 4.78 is 9.50. The maximum Gasteiger partial charge on any atom is 0.340 e. The quantitative estimate of drug-likeness (QED) is 0.371. The number of anilines is 1. The van der Waals surface area contributed by atoms with Crippen molar-refractivity contribution in [2.24, 2.45) is 10.3 Å². The number of ether oxygens (including phenoxy) is 2.